The Bertz CT molecular complexity index is 1230. The molecule has 0 aliphatic heterocycles. The van der Waals surface area contributed by atoms with Crippen LogP contribution in [-0.4, -0.2) is 78.5 Å². The van der Waals surface area contributed by atoms with Crippen LogP contribution in [-0.2, 0) is 26.0 Å². The Morgan fingerprint density at radius 2 is 1.76 bits per heavy atom. The predicted molar refractivity (Wildman–Crippen MR) is 180 cm³/mol. The van der Waals surface area contributed by atoms with Crippen LogP contribution in [0.1, 0.15) is 70.8 Å². The third-order valence-corrected chi connectivity index (χ3v) is 10.2. The minimum absolute atomic E-state index is 0.0598. The normalized spacial score (nSPS) is 17.5. The van der Waals surface area contributed by atoms with Crippen molar-refractivity contribution in [1.29, 1.82) is 0 Å². The lowest BCUT2D eigenvalue weighted by molar-refractivity contribution is -0.132. The third-order valence-electron chi connectivity index (χ3n) is 8.31. The molecule has 1 aromatic rings. The fraction of sp³-hybridized carbons (Fsp3) is 0.636. The second-order valence-electron chi connectivity index (χ2n) is 12.6. The molecule has 0 aromatic heterocycles. The molecule has 1 fully saturated rings. The molecule has 1 aliphatic rings. The Balaban J connectivity index is 2.26. The highest BCUT2D eigenvalue weighted by Crippen LogP contribution is 2.29. The highest BCUT2D eigenvalue weighted by molar-refractivity contribution is 7.89. The lowest BCUT2D eigenvalue weighted by Gasteiger charge is -2.33. The molecule has 2 amide bonds. The largest absolute Gasteiger partial charge is 0.390 e. The number of hydrazine groups is 1. The second kappa shape index (κ2) is 20.2. The van der Waals surface area contributed by atoms with Gasteiger partial charge in [-0.1, -0.05) is 76.3 Å². The van der Waals surface area contributed by atoms with Crippen LogP contribution in [0.3, 0.4) is 0 Å². The molecule has 258 valence electrons. The van der Waals surface area contributed by atoms with E-state index in [1.807, 2.05) is 19.9 Å². The van der Waals surface area contributed by atoms with Gasteiger partial charge in [0.2, 0.25) is 21.8 Å². The van der Waals surface area contributed by atoms with E-state index in [0.29, 0.717) is 12.8 Å². The molecule has 1 aliphatic carbocycles. The number of rotatable bonds is 20. The van der Waals surface area contributed by atoms with Crippen LogP contribution in [0.25, 0.3) is 0 Å². The van der Waals surface area contributed by atoms with Crippen molar-refractivity contribution >= 4 is 21.8 Å². The predicted octanol–water partition coefficient (Wildman–Crippen LogP) is 1.32. The summed E-state index contributed by atoms with van der Waals surface area (Å²) < 4.78 is 27.6. The molecule has 0 saturated heterocycles. The first-order valence-electron chi connectivity index (χ1n) is 16.1. The van der Waals surface area contributed by atoms with E-state index < -0.39 is 57.8 Å². The van der Waals surface area contributed by atoms with Crippen LogP contribution >= 0.6 is 0 Å². The van der Waals surface area contributed by atoms with Crippen LogP contribution in [0.15, 0.2) is 42.7 Å². The van der Waals surface area contributed by atoms with Crippen LogP contribution in [0.4, 0.5) is 0 Å². The van der Waals surface area contributed by atoms with Crippen LogP contribution in [0.2, 0.25) is 0 Å². The van der Waals surface area contributed by atoms with E-state index in [1.54, 1.807) is 24.3 Å². The SMILES string of the molecule is C#CCC(NC(=O)[C@H](Cc1ccccc1)CS(=O)(=O)N(C)CN/C=C\NN)C(=O)NC(CC1CCCCC1)C(O)[C@@H](O)CC(C)C. The van der Waals surface area contributed by atoms with Crippen molar-refractivity contribution in [2.75, 3.05) is 19.5 Å². The highest BCUT2D eigenvalue weighted by atomic mass is 32.2. The minimum atomic E-state index is -3.92. The fourth-order valence-corrected chi connectivity index (χ4v) is 7.05. The summed E-state index contributed by atoms with van der Waals surface area (Å²) in [7, 11) is -2.53. The summed E-state index contributed by atoms with van der Waals surface area (Å²) in [6.45, 7) is 3.83. The topological polar surface area (TPSA) is 186 Å². The van der Waals surface area contributed by atoms with Crippen molar-refractivity contribution in [3.8, 4) is 12.3 Å². The molecule has 0 bridgehead atoms. The Hall–Kier alpha value is -3.15. The van der Waals surface area contributed by atoms with Gasteiger partial charge in [-0.2, -0.15) is 4.31 Å². The number of carbonyl (C=O) groups is 2. The number of amides is 2. The number of hydrogen-bond acceptors (Lipinski definition) is 9. The highest BCUT2D eigenvalue weighted by Gasteiger charge is 2.35. The van der Waals surface area contributed by atoms with Gasteiger partial charge in [-0.3, -0.25) is 15.4 Å². The molecule has 0 heterocycles. The molecule has 46 heavy (non-hydrogen) atoms. The van der Waals surface area contributed by atoms with Gasteiger partial charge in [-0.15, -0.1) is 12.3 Å². The zero-order chi connectivity index (χ0) is 34.1. The van der Waals surface area contributed by atoms with E-state index in [-0.39, 0.29) is 31.3 Å². The van der Waals surface area contributed by atoms with Crippen LogP contribution in [0.5, 0.6) is 0 Å². The summed E-state index contributed by atoms with van der Waals surface area (Å²) in [5, 5.41) is 30.3. The Morgan fingerprint density at radius 3 is 2.37 bits per heavy atom. The number of sulfonamides is 1. The second-order valence-corrected chi connectivity index (χ2v) is 14.8. The summed E-state index contributed by atoms with van der Waals surface area (Å²) >= 11 is 0. The Morgan fingerprint density at radius 1 is 1.09 bits per heavy atom. The number of aliphatic hydroxyl groups excluding tert-OH is 2. The minimum Gasteiger partial charge on any atom is -0.390 e. The van der Waals surface area contributed by atoms with E-state index in [4.69, 9.17) is 12.3 Å². The van der Waals surface area contributed by atoms with Crippen molar-refractivity contribution in [3.05, 3.63) is 48.3 Å². The molecule has 0 radical (unpaired) electrons. The summed E-state index contributed by atoms with van der Waals surface area (Å²) in [5.41, 5.74) is 3.06. The van der Waals surface area contributed by atoms with E-state index in [9.17, 15) is 28.2 Å². The molecule has 1 saturated carbocycles. The maximum atomic E-state index is 13.7. The molecule has 8 N–H and O–H groups in total. The first-order valence-corrected chi connectivity index (χ1v) is 17.7. The quantitative estimate of drug-likeness (QED) is 0.0468. The average molecular weight is 663 g/mol. The zero-order valence-corrected chi connectivity index (χ0v) is 28.2. The van der Waals surface area contributed by atoms with Gasteiger partial charge >= 0.3 is 0 Å². The van der Waals surface area contributed by atoms with Gasteiger partial charge < -0.3 is 31.6 Å². The van der Waals surface area contributed by atoms with Gasteiger partial charge in [0.15, 0.2) is 0 Å². The van der Waals surface area contributed by atoms with Crippen LogP contribution in [0, 0.1) is 30.1 Å². The molecule has 13 heteroatoms. The zero-order valence-electron chi connectivity index (χ0n) is 27.4. The number of hydrogen-bond donors (Lipinski definition) is 7. The standard InChI is InChI=1S/C33H54N6O6S/c1-5-12-28(33(43)38-29(21-26-15-10-7-11-16-26)31(41)30(40)19-24(2)3)37-32(42)27(20-25-13-8-6-9-14-25)22-46(44,45)39(4)23-35-17-18-36-34/h1,6,8-9,13-14,17-18,24,26-31,35-36,40-41H,7,10-12,15-16,19-23,34H2,2-4H3,(H,37,42)(H,38,43)/b18-17-/t27-,28?,29?,30+,31?/m1/s1. The van der Waals surface area contributed by atoms with Gasteiger partial charge in [0.25, 0.3) is 0 Å². The van der Waals surface area contributed by atoms with Gasteiger partial charge in [0, 0.05) is 25.9 Å². The molecule has 0 spiro atoms. The summed E-state index contributed by atoms with van der Waals surface area (Å²) in [6, 6.07) is 7.10. The fourth-order valence-electron chi connectivity index (χ4n) is 5.75. The van der Waals surface area contributed by atoms with E-state index in [1.165, 1.54) is 19.4 Å². The molecule has 2 rings (SSSR count). The molecular formula is C33H54N6O6S. The van der Waals surface area contributed by atoms with Crippen molar-refractivity contribution < 1.29 is 28.2 Å². The number of aliphatic hydroxyl groups is 2. The van der Waals surface area contributed by atoms with Crippen molar-refractivity contribution in [3.63, 3.8) is 0 Å². The van der Waals surface area contributed by atoms with E-state index in [2.05, 4.69) is 27.3 Å². The summed E-state index contributed by atoms with van der Waals surface area (Å²) in [5.74, 6) is 5.25. The number of nitrogens with two attached hydrogens (primary N) is 1. The van der Waals surface area contributed by atoms with Crippen molar-refractivity contribution in [2.24, 2.45) is 23.6 Å². The smallest absolute Gasteiger partial charge is 0.243 e. The maximum absolute atomic E-state index is 13.7. The molecular weight excluding hydrogens is 608 g/mol. The van der Waals surface area contributed by atoms with E-state index in [0.717, 1.165) is 42.0 Å². The average Bonchev–Trinajstić information content (AvgIpc) is 3.02. The molecule has 1 aromatic carbocycles. The van der Waals surface area contributed by atoms with Gasteiger partial charge in [0.1, 0.15) is 12.1 Å². The first kappa shape index (κ1) is 39.0. The van der Waals surface area contributed by atoms with E-state index >= 15 is 0 Å². The van der Waals surface area contributed by atoms with Gasteiger partial charge in [-0.25, -0.2) is 8.42 Å². The van der Waals surface area contributed by atoms with Gasteiger partial charge in [-0.05, 0) is 36.7 Å². The number of terminal acetylenes is 1. The third kappa shape index (κ3) is 13.7. The van der Waals surface area contributed by atoms with Crippen molar-refractivity contribution in [1.82, 2.24) is 25.7 Å². The summed E-state index contributed by atoms with van der Waals surface area (Å²) in [6.07, 6.45) is 12.3. The first-order chi connectivity index (χ1) is 21.9. The number of benzene rings is 1. The lowest BCUT2D eigenvalue weighted by atomic mass is 9.82. The summed E-state index contributed by atoms with van der Waals surface area (Å²) in [4.78, 5) is 27.4. The maximum Gasteiger partial charge on any atom is 0.243 e. The lowest BCUT2D eigenvalue weighted by Crippen LogP contribution is -2.56. The molecule has 3 unspecified atom stereocenters. The number of nitrogens with one attached hydrogen (secondary N) is 4. The van der Waals surface area contributed by atoms with Crippen molar-refractivity contribution in [2.45, 2.75) is 95.9 Å². The molecule has 12 nitrogen and oxygen atoms in total. The number of nitrogens with zero attached hydrogens (tertiary/aromatic N) is 1. The monoisotopic (exact) mass is 662 g/mol. The molecule has 5 atom stereocenters. The van der Waals surface area contributed by atoms with Crippen LogP contribution < -0.4 is 27.2 Å². The Labute approximate surface area is 275 Å². The Kier molecular flexibility index (Phi) is 17.1. The number of carbonyl (C=O) groups excluding carboxylic acids is 2. The van der Waals surface area contributed by atoms with Gasteiger partial charge in [0.05, 0.1) is 30.5 Å².